The Hall–Kier alpha value is -3.58. The van der Waals surface area contributed by atoms with Gasteiger partial charge in [-0.25, -0.2) is 0 Å². The van der Waals surface area contributed by atoms with Gasteiger partial charge in [-0.3, -0.25) is 0 Å². The van der Waals surface area contributed by atoms with Gasteiger partial charge in [0.05, 0.1) is 16.7 Å². The highest BCUT2D eigenvalue weighted by Gasteiger charge is 2.15. The van der Waals surface area contributed by atoms with Gasteiger partial charge in [0.1, 0.15) is 0 Å². The first-order valence-corrected chi connectivity index (χ1v) is 9.31. The van der Waals surface area contributed by atoms with E-state index >= 15 is 0 Å². The smallest absolute Gasteiger partial charge is 0.0619 e. The number of para-hydroxylation sites is 1. The molecule has 0 amide bonds. The molecule has 0 aliphatic rings. The van der Waals surface area contributed by atoms with Gasteiger partial charge < -0.3 is 4.57 Å². The first kappa shape index (κ1) is 14.6. The standard InChI is InChI=1S/C26H17N/c1-3-11-20-18(8-1)10-7-15-24(20)27-25-14-6-5-13-22(25)23-17-16-19-9-2-4-12-21(19)26(23)27/h1-17H. The van der Waals surface area contributed by atoms with E-state index in [-0.39, 0.29) is 0 Å². The fraction of sp³-hybridized carbons (Fsp3) is 0. The summed E-state index contributed by atoms with van der Waals surface area (Å²) >= 11 is 0. The summed E-state index contributed by atoms with van der Waals surface area (Å²) in [7, 11) is 0. The van der Waals surface area contributed by atoms with Crippen molar-refractivity contribution >= 4 is 43.4 Å². The number of benzene rings is 5. The monoisotopic (exact) mass is 343 g/mol. The number of hydrogen-bond donors (Lipinski definition) is 0. The van der Waals surface area contributed by atoms with Crippen LogP contribution in [0.25, 0.3) is 49.0 Å². The van der Waals surface area contributed by atoms with E-state index in [1.54, 1.807) is 0 Å². The van der Waals surface area contributed by atoms with Gasteiger partial charge in [-0.2, -0.15) is 0 Å². The molecule has 6 rings (SSSR count). The van der Waals surface area contributed by atoms with Gasteiger partial charge in [0.25, 0.3) is 0 Å². The minimum Gasteiger partial charge on any atom is -0.308 e. The number of nitrogens with zero attached hydrogens (tertiary/aromatic N) is 1. The van der Waals surface area contributed by atoms with Crippen molar-refractivity contribution in [3.05, 3.63) is 103 Å². The van der Waals surface area contributed by atoms with Crippen LogP contribution in [0.3, 0.4) is 0 Å². The van der Waals surface area contributed by atoms with Crippen molar-refractivity contribution in [3.8, 4) is 5.69 Å². The summed E-state index contributed by atoms with van der Waals surface area (Å²) in [5.41, 5.74) is 3.77. The third-order valence-electron chi connectivity index (χ3n) is 5.57. The van der Waals surface area contributed by atoms with Gasteiger partial charge in [0.15, 0.2) is 0 Å². The fourth-order valence-corrected chi connectivity index (χ4v) is 4.38. The van der Waals surface area contributed by atoms with Crippen molar-refractivity contribution in [2.45, 2.75) is 0 Å². The Bertz CT molecular complexity index is 1460. The molecule has 1 heterocycles. The molecule has 0 spiro atoms. The average Bonchev–Trinajstić information content (AvgIpc) is 3.08. The molecule has 0 radical (unpaired) electrons. The Labute approximate surface area is 157 Å². The van der Waals surface area contributed by atoms with Crippen LogP contribution < -0.4 is 0 Å². The van der Waals surface area contributed by atoms with E-state index in [1.807, 2.05) is 0 Å². The van der Waals surface area contributed by atoms with E-state index in [0.717, 1.165) is 0 Å². The van der Waals surface area contributed by atoms with Crippen molar-refractivity contribution in [3.63, 3.8) is 0 Å². The molecule has 27 heavy (non-hydrogen) atoms. The molecule has 0 aliphatic heterocycles. The Kier molecular flexibility index (Phi) is 2.95. The molecule has 0 N–H and O–H groups in total. The predicted octanol–water partition coefficient (Wildman–Crippen LogP) is 7.09. The van der Waals surface area contributed by atoms with Crippen LogP contribution >= 0.6 is 0 Å². The highest BCUT2D eigenvalue weighted by Crippen LogP contribution is 2.37. The lowest BCUT2D eigenvalue weighted by Crippen LogP contribution is -1.95. The van der Waals surface area contributed by atoms with Crippen LogP contribution in [0.15, 0.2) is 103 Å². The third kappa shape index (κ3) is 2.00. The summed E-state index contributed by atoms with van der Waals surface area (Å²) in [6.07, 6.45) is 0. The normalized spacial score (nSPS) is 11.7. The summed E-state index contributed by atoms with van der Waals surface area (Å²) in [5, 5.41) is 7.70. The summed E-state index contributed by atoms with van der Waals surface area (Å²) < 4.78 is 2.44. The van der Waals surface area contributed by atoms with Crippen LogP contribution in [0.4, 0.5) is 0 Å². The molecule has 0 atom stereocenters. The van der Waals surface area contributed by atoms with Crippen molar-refractivity contribution in [2.24, 2.45) is 0 Å². The van der Waals surface area contributed by atoms with Crippen molar-refractivity contribution < 1.29 is 0 Å². The molecule has 1 aromatic heterocycles. The Morgan fingerprint density at radius 1 is 0.407 bits per heavy atom. The first-order valence-electron chi connectivity index (χ1n) is 9.31. The second kappa shape index (κ2) is 5.46. The molecule has 0 fully saturated rings. The van der Waals surface area contributed by atoms with Crippen molar-refractivity contribution in [1.82, 2.24) is 4.57 Å². The molecule has 1 heteroatoms. The van der Waals surface area contributed by atoms with Gasteiger partial charge in [-0.15, -0.1) is 0 Å². The second-order valence-electron chi connectivity index (χ2n) is 7.03. The Balaban J connectivity index is 1.92. The number of aromatic nitrogens is 1. The maximum absolute atomic E-state index is 2.44. The summed E-state index contributed by atoms with van der Waals surface area (Å²) in [6, 6.07) is 37.1. The molecule has 1 nitrogen and oxygen atoms in total. The van der Waals surface area contributed by atoms with Crippen LogP contribution in [-0.4, -0.2) is 4.57 Å². The van der Waals surface area contributed by atoms with E-state index in [0.29, 0.717) is 0 Å². The molecule has 0 bridgehead atoms. The average molecular weight is 343 g/mol. The molecule has 0 saturated heterocycles. The van der Waals surface area contributed by atoms with Crippen molar-refractivity contribution in [2.75, 3.05) is 0 Å². The third-order valence-corrected chi connectivity index (χ3v) is 5.57. The second-order valence-corrected chi connectivity index (χ2v) is 7.03. The van der Waals surface area contributed by atoms with E-state index < -0.39 is 0 Å². The zero-order valence-corrected chi connectivity index (χ0v) is 14.8. The molecule has 6 aromatic rings. The molecule has 126 valence electrons. The summed E-state index contributed by atoms with van der Waals surface area (Å²) in [5.74, 6) is 0. The molecular formula is C26H17N. The van der Waals surface area contributed by atoms with Gasteiger partial charge in [-0.05, 0) is 22.9 Å². The van der Waals surface area contributed by atoms with E-state index in [1.165, 1.54) is 49.0 Å². The first-order chi connectivity index (χ1) is 13.4. The number of hydrogen-bond acceptors (Lipinski definition) is 0. The van der Waals surface area contributed by atoms with Gasteiger partial charge in [0.2, 0.25) is 0 Å². The largest absolute Gasteiger partial charge is 0.308 e. The Morgan fingerprint density at radius 3 is 1.89 bits per heavy atom. The minimum absolute atomic E-state index is 1.23. The van der Waals surface area contributed by atoms with Crippen LogP contribution in [0.2, 0.25) is 0 Å². The lowest BCUT2D eigenvalue weighted by atomic mass is 10.1. The molecular weight excluding hydrogens is 326 g/mol. The summed E-state index contributed by atoms with van der Waals surface area (Å²) in [6.45, 7) is 0. The SMILES string of the molecule is c1ccc2c(-n3c4ccccc4c4ccc5ccccc5c43)cccc2c1. The predicted molar refractivity (Wildman–Crippen MR) is 116 cm³/mol. The zero-order valence-electron chi connectivity index (χ0n) is 14.8. The van der Waals surface area contributed by atoms with Crippen LogP contribution in [0.1, 0.15) is 0 Å². The van der Waals surface area contributed by atoms with Crippen LogP contribution in [-0.2, 0) is 0 Å². The van der Waals surface area contributed by atoms with Crippen LogP contribution in [0.5, 0.6) is 0 Å². The number of fused-ring (bicyclic) bond motifs is 6. The van der Waals surface area contributed by atoms with Gasteiger partial charge in [0, 0.05) is 21.5 Å². The lowest BCUT2D eigenvalue weighted by molar-refractivity contribution is 1.20. The van der Waals surface area contributed by atoms with Crippen molar-refractivity contribution in [1.29, 1.82) is 0 Å². The lowest BCUT2D eigenvalue weighted by Gasteiger charge is -2.12. The summed E-state index contributed by atoms with van der Waals surface area (Å²) in [4.78, 5) is 0. The fourth-order valence-electron chi connectivity index (χ4n) is 4.38. The maximum Gasteiger partial charge on any atom is 0.0619 e. The van der Waals surface area contributed by atoms with E-state index in [4.69, 9.17) is 0 Å². The molecule has 5 aromatic carbocycles. The van der Waals surface area contributed by atoms with Gasteiger partial charge >= 0.3 is 0 Å². The van der Waals surface area contributed by atoms with Gasteiger partial charge in [-0.1, -0.05) is 91.0 Å². The molecule has 0 unspecified atom stereocenters. The Morgan fingerprint density at radius 2 is 1.04 bits per heavy atom. The maximum atomic E-state index is 2.44. The topological polar surface area (TPSA) is 4.93 Å². The van der Waals surface area contributed by atoms with Crippen LogP contribution in [0, 0.1) is 0 Å². The zero-order chi connectivity index (χ0) is 17.8. The quantitative estimate of drug-likeness (QED) is 0.300. The highest BCUT2D eigenvalue weighted by atomic mass is 15.0. The minimum atomic E-state index is 1.23. The number of rotatable bonds is 1. The van der Waals surface area contributed by atoms with E-state index in [9.17, 15) is 0 Å². The highest BCUT2D eigenvalue weighted by molar-refractivity contribution is 6.19. The van der Waals surface area contributed by atoms with E-state index in [2.05, 4.69) is 108 Å². The molecule has 0 aliphatic carbocycles. The molecule has 0 saturated carbocycles.